The lowest BCUT2D eigenvalue weighted by Crippen LogP contribution is -2.51. The van der Waals surface area contributed by atoms with Crippen molar-refractivity contribution < 1.29 is 14.3 Å². The zero-order chi connectivity index (χ0) is 27.1. The first kappa shape index (κ1) is 27.3. The van der Waals surface area contributed by atoms with Crippen LogP contribution in [-0.4, -0.2) is 19.2 Å². The van der Waals surface area contributed by atoms with E-state index in [0.717, 1.165) is 48.7 Å². The van der Waals surface area contributed by atoms with Gasteiger partial charge in [-0.25, -0.2) is 4.79 Å². The normalized spacial score (nSPS) is 36.9. The van der Waals surface area contributed by atoms with E-state index in [4.69, 9.17) is 9.47 Å². The molecule has 0 unspecified atom stereocenters. The summed E-state index contributed by atoms with van der Waals surface area (Å²) in [6, 6.07) is 7.24. The van der Waals surface area contributed by atoms with Gasteiger partial charge in [0, 0.05) is 6.42 Å². The van der Waals surface area contributed by atoms with Crippen LogP contribution >= 0.6 is 0 Å². The predicted octanol–water partition coefficient (Wildman–Crippen LogP) is 8.96. The van der Waals surface area contributed by atoms with Crippen LogP contribution in [-0.2, 0) is 4.74 Å². The second-order valence-electron chi connectivity index (χ2n) is 13.5. The minimum Gasteiger partial charge on any atom is -0.497 e. The number of allylic oxidation sites excluding steroid dienone is 5. The molecule has 206 valence electrons. The number of carbonyl (C=O) groups is 1. The summed E-state index contributed by atoms with van der Waals surface area (Å²) < 4.78 is 11.2. The van der Waals surface area contributed by atoms with Crippen LogP contribution in [0, 0.1) is 40.4 Å². The summed E-state index contributed by atoms with van der Waals surface area (Å²) in [5.74, 6) is 4.39. The molecule has 0 N–H and O–H groups in total. The van der Waals surface area contributed by atoms with Gasteiger partial charge >= 0.3 is 5.97 Å². The lowest BCUT2D eigenvalue weighted by Gasteiger charge is -2.58. The molecular formula is C35H48O3. The highest BCUT2D eigenvalue weighted by atomic mass is 16.5. The maximum Gasteiger partial charge on any atom is 0.338 e. The topological polar surface area (TPSA) is 35.5 Å². The van der Waals surface area contributed by atoms with E-state index in [-0.39, 0.29) is 17.5 Å². The highest BCUT2D eigenvalue weighted by molar-refractivity contribution is 5.89. The summed E-state index contributed by atoms with van der Waals surface area (Å²) in [7, 11) is 1.64. The van der Waals surface area contributed by atoms with E-state index in [1.54, 1.807) is 24.8 Å². The summed E-state index contributed by atoms with van der Waals surface area (Å²) in [5, 5.41) is 0. The molecule has 3 nitrogen and oxygen atoms in total. The van der Waals surface area contributed by atoms with Crippen molar-refractivity contribution >= 4 is 5.97 Å². The number of hydrogen-bond acceptors (Lipinski definition) is 3. The predicted molar refractivity (Wildman–Crippen MR) is 155 cm³/mol. The Labute approximate surface area is 230 Å². The zero-order valence-corrected chi connectivity index (χ0v) is 24.5. The van der Waals surface area contributed by atoms with Crippen molar-refractivity contribution in [3.05, 3.63) is 65.3 Å². The molecule has 1 aromatic rings. The van der Waals surface area contributed by atoms with Gasteiger partial charge in [-0.15, -0.1) is 0 Å². The molecule has 4 aliphatic carbocycles. The maximum atomic E-state index is 12.8. The van der Waals surface area contributed by atoms with Crippen LogP contribution < -0.4 is 4.74 Å². The third-order valence-electron chi connectivity index (χ3n) is 11.2. The van der Waals surface area contributed by atoms with E-state index in [0.29, 0.717) is 16.9 Å². The van der Waals surface area contributed by atoms with Gasteiger partial charge in [0.25, 0.3) is 0 Å². The average molecular weight is 517 g/mol. The number of carbonyl (C=O) groups excluding carboxylic acids is 1. The van der Waals surface area contributed by atoms with Crippen LogP contribution in [0.1, 0.15) is 96.3 Å². The van der Waals surface area contributed by atoms with Crippen LogP contribution in [0.25, 0.3) is 0 Å². The van der Waals surface area contributed by atoms with E-state index in [2.05, 4.69) is 58.9 Å². The fourth-order valence-electron chi connectivity index (χ4n) is 9.14. The van der Waals surface area contributed by atoms with Crippen molar-refractivity contribution in [2.45, 2.75) is 92.1 Å². The van der Waals surface area contributed by atoms with Crippen LogP contribution in [0.2, 0.25) is 0 Å². The SMILES string of the molecule is COc1ccc(C(=O)O[C@H]2CC[C@@]3(C)C(=CC[C@H]4[C@@H]5CC[C@H]([C@H](C)/C=C/C=C(C)C)[C@@]5(C)CC[C@@H]43)C2)cc1. The van der Waals surface area contributed by atoms with Gasteiger partial charge in [-0.05, 0) is 123 Å². The number of rotatable bonds is 6. The maximum absolute atomic E-state index is 12.8. The molecule has 0 heterocycles. The summed E-state index contributed by atoms with van der Waals surface area (Å²) in [5.41, 5.74) is 4.26. The first-order chi connectivity index (χ1) is 18.2. The molecule has 38 heavy (non-hydrogen) atoms. The second-order valence-corrected chi connectivity index (χ2v) is 13.5. The summed E-state index contributed by atoms with van der Waals surface area (Å²) in [6.07, 6.45) is 19.3. The third kappa shape index (κ3) is 4.91. The van der Waals surface area contributed by atoms with E-state index in [9.17, 15) is 4.79 Å². The Morgan fingerprint density at radius 3 is 2.50 bits per heavy atom. The molecule has 1 aromatic carbocycles. The molecule has 4 aliphatic rings. The molecule has 0 saturated heterocycles. The Kier molecular flexibility index (Phi) is 7.68. The first-order valence-electron chi connectivity index (χ1n) is 15.0. The number of benzene rings is 1. The van der Waals surface area contributed by atoms with E-state index in [1.807, 2.05) is 12.1 Å². The minimum absolute atomic E-state index is 0.0152. The molecule has 0 radical (unpaired) electrons. The van der Waals surface area contributed by atoms with E-state index >= 15 is 0 Å². The van der Waals surface area contributed by atoms with Gasteiger partial charge in [0.1, 0.15) is 11.9 Å². The molecular weight excluding hydrogens is 468 g/mol. The smallest absolute Gasteiger partial charge is 0.338 e. The minimum atomic E-state index is -0.214. The summed E-state index contributed by atoms with van der Waals surface area (Å²) in [6.45, 7) is 12.0. The molecule has 0 aliphatic heterocycles. The van der Waals surface area contributed by atoms with Crippen molar-refractivity contribution in [3.63, 3.8) is 0 Å². The van der Waals surface area contributed by atoms with Crippen molar-refractivity contribution in [3.8, 4) is 5.75 Å². The van der Waals surface area contributed by atoms with Crippen LogP contribution in [0.3, 0.4) is 0 Å². The second kappa shape index (κ2) is 10.7. The summed E-state index contributed by atoms with van der Waals surface area (Å²) >= 11 is 0. The number of esters is 1. The lowest BCUT2D eigenvalue weighted by atomic mass is 9.47. The number of methoxy groups -OCH3 is 1. The molecule has 8 atom stereocenters. The molecule has 0 amide bonds. The molecule has 0 aromatic heterocycles. The standard InChI is InChI=1S/C35H48O3/c1-23(2)8-7-9-24(3)30-16-17-31-29-15-12-26-22-28(38-33(36)25-10-13-27(37-6)14-11-25)18-20-34(26,4)32(29)19-21-35(30,31)5/h7-14,24,28-32H,15-22H2,1-6H3/b9-7+/t24-,28+,29+,30-,31+,32+,34+,35-/m1/s1. The molecule has 5 rings (SSSR count). The third-order valence-corrected chi connectivity index (χ3v) is 11.2. The average Bonchev–Trinajstić information content (AvgIpc) is 3.26. The van der Waals surface area contributed by atoms with E-state index < -0.39 is 0 Å². The van der Waals surface area contributed by atoms with Gasteiger partial charge in [-0.3, -0.25) is 0 Å². The monoisotopic (exact) mass is 516 g/mol. The van der Waals surface area contributed by atoms with Crippen LogP contribution in [0.15, 0.2) is 59.7 Å². The highest BCUT2D eigenvalue weighted by Gasteiger charge is 2.59. The van der Waals surface area contributed by atoms with Crippen molar-refractivity contribution in [2.24, 2.45) is 40.4 Å². The molecule has 3 heteroatoms. The molecule has 0 spiro atoms. The van der Waals surface area contributed by atoms with Crippen molar-refractivity contribution in [1.82, 2.24) is 0 Å². The number of hydrogen-bond donors (Lipinski definition) is 0. The largest absolute Gasteiger partial charge is 0.497 e. The van der Waals surface area contributed by atoms with E-state index in [1.165, 1.54) is 37.7 Å². The number of ether oxygens (including phenoxy) is 2. The fourth-order valence-corrected chi connectivity index (χ4v) is 9.14. The van der Waals surface area contributed by atoms with Crippen LogP contribution in [0.4, 0.5) is 0 Å². The Bertz CT molecular complexity index is 1110. The Hall–Kier alpha value is -2.29. The van der Waals surface area contributed by atoms with Gasteiger partial charge in [-0.1, -0.05) is 56.2 Å². The fraction of sp³-hybridized carbons (Fsp3) is 0.629. The first-order valence-corrected chi connectivity index (χ1v) is 15.0. The van der Waals surface area contributed by atoms with Crippen molar-refractivity contribution in [1.29, 1.82) is 0 Å². The molecule has 0 bridgehead atoms. The quantitative estimate of drug-likeness (QED) is 0.215. The number of fused-ring (bicyclic) bond motifs is 5. The Morgan fingerprint density at radius 2 is 1.79 bits per heavy atom. The zero-order valence-electron chi connectivity index (χ0n) is 24.5. The van der Waals surface area contributed by atoms with Crippen molar-refractivity contribution in [2.75, 3.05) is 7.11 Å². The lowest BCUT2D eigenvalue weighted by molar-refractivity contribution is -0.0565. The van der Waals surface area contributed by atoms with Gasteiger partial charge in [-0.2, -0.15) is 0 Å². The van der Waals surface area contributed by atoms with Gasteiger partial charge in [0.2, 0.25) is 0 Å². The molecule has 3 fully saturated rings. The Morgan fingerprint density at radius 1 is 1.03 bits per heavy atom. The highest BCUT2D eigenvalue weighted by Crippen LogP contribution is 2.67. The Balaban J connectivity index is 1.27. The van der Waals surface area contributed by atoms with Gasteiger partial charge < -0.3 is 9.47 Å². The van der Waals surface area contributed by atoms with Gasteiger partial charge in [0.05, 0.1) is 12.7 Å². The van der Waals surface area contributed by atoms with Gasteiger partial charge in [0.15, 0.2) is 0 Å². The van der Waals surface area contributed by atoms with Crippen LogP contribution in [0.5, 0.6) is 5.75 Å². The summed E-state index contributed by atoms with van der Waals surface area (Å²) in [4.78, 5) is 12.8. The molecule has 3 saturated carbocycles.